The predicted molar refractivity (Wildman–Crippen MR) is 119 cm³/mol. The monoisotopic (exact) mass is 456 g/mol. The molecule has 1 aliphatic rings. The van der Waals surface area contributed by atoms with Crippen molar-refractivity contribution in [2.75, 3.05) is 24.1 Å². The second kappa shape index (κ2) is 8.36. The van der Waals surface area contributed by atoms with E-state index in [1.54, 1.807) is 24.5 Å². The Balaban J connectivity index is 1.31. The number of nitrogens with one attached hydrogen (secondary N) is 1. The molecule has 0 spiro atoms. The van der Waals surface area contributed by atoms with Crippen molar-refractivity contribution in [3.8, 4) is 11.6 Å². The van der Waals surface area contributed by atoms with Gasteiger partial charge in [0.05, 0.1) is 11.3 Å². The lowest BCUT2D eigenvalue weighted by Gasteiger charge is -2.25. The van der Waals surface area contributed by atoms with Gasteiger partial charge in [0.25, 0.3) is 5.78 Å². The van der Waals surface area contributed by atoms with E-state index in [2.05, 4.69) is 30.3 Å². The van der Waals surface area contributed by atoms with Gasteiger partial charge in [-0.05, 0) is 50.1 Å². The standard InChI is InChI=1S/C21H22ClFN8O/c1-12-6-7-15(23)14(17(12)22)11-30-8-2-4-13(30)10-25-20-27-19(24)31-21(28-20)26-18(29-31)16-5-3-9-32-16/h3,5-7,9,13H,2,4,8,10-11H2,1H3,(H3,24,25,26,27,28,29). The molecule has 9 nitrogen and oxygen atoms in total. The molecule has 11 heteroatoms. The van der Waals surface area contributed by atoms with Crippen molar-refractivity contribution in [3.05, 3.63) is 52.5 Å². The van der Waals surface area contributed by atoms with E-state index in [-0.39, 0.29) is 17.8 Å². The van der Waals surface area contributed by atoms with Crippen LogP contribution in [-0.4, -0.2) is 48.6 Å². The van der Waals surface area contributed by atoms with Gasteiger partial charge in [-0.25, -0.2) is 4.39 Å². The van der Waals surface area contributed by atoms with Crippen molar-refractivity contribution in [2.24, 2.45) is 0 Å². The summed E-state index contributed by atoms with van der Waals surface area (Å²) < 4.78 is 21.1. The van der Waals surface area contributed by atoms with E-state index >= 15 is 0 Å². The van der Waals surface area contributed by atoms with Crippen molar-refractivity contribution in [1.29, 1.82) is 0 Å². The van der Waals surface area contributed by atoms with Crippen LogP contribution in [0.15, 0.2) is 34.9 Å². The number of benzene rings is 1. The van der Waals surface area contributed by atoms with Gasteiger partial charge < -0.3 is 15.5 Å². The van der Waals surface area contributed by atoms with Gasteiger partial charge in [-0.3, -0.25) is 4.90 Å². The minimum Gasteiger partial charge on any atom is -0.461 e. The first-order valence-electron chi connectivity index (χ1n) is 10.3. The number of aryl methyl sites for hydroxylation is 1. The van der Waals surface area contributed by atoms with Crippen molar-refractivity contribution in [3.63, 3.8) is 0 Å². The Labute approximate surface area is 188 Å². The number of nitrogens with two attached hydrogens (primary N) is 1. The van der Waals surface area contributed by atoms with E-state index in [9.17, 15) is 4.39 Å². The third-order valence-corrected chi connectivity index (χ3v) is 6.24. The molecule has 5 rings (SSSR count). The summed E-state index contributed by atoms with van der Waals surface area (Å²) >= 11 is 6.37. The Hall–Kier alpha value is -3.24. The number of aromatic nitrogens is 5. The lowest BCUT2D eigenvalue weighted by atomic mass is 10.1. The molecule has 1 aromatic carbocycles. The molecular weight excluding hydrogens is 435 g/mol. The molecule has 0 amide bonds. The zero-order valence-corrected chi connectivity index (χ0v) is 18.2. The fraction of sp³-hybridized carbons (Fsp3) is 0.333. The first-order chi connectivity index (χ1) is 15.5. The highest BCUT2D eigenvalue weighted by Gasteiger charge is 2.26. The largest absolute Gasteiger partial charge is 0.461 e. The van der Waals surface area contributed by atoms with Crippen LogP contribution < -0.4 is 11.1 Å². The van der Waals surface area contributed by atoms with Crippen LogP contribution in [-0.2, 0) is 6.54 Å². The van der Waals surface area contributed by atoms with Crippen LogP contribution in [0.3, 0.4) is 0 Å². The molecule has 1 saturated heterocycles. The highest BCUT2D eigenvalue weighted by molar-refractivity contribution is 6.32. The van der Waals surface area contributed by atoms with E-state index in [0.717, 1.165) is 24.9 Å². The second-order valence-electron chi connectivity index (χ2n) is 7.83. The van der Waals surface area contributed by atoms with Gasteiger partial charge in [-0.2, -0.15) is 19.5 Å². The number of hydrogen-bond donors (Lipinski definition) is 2. The second-order valence-corrected chi connectivity index (χ2v) is 8.21. The summed E-state index contributed by atoms with van der Waals surface area (Å²) in [6.07, 6.45) is 3.55. The minimum absolute atomic E-state index is 0.166. The number of nitrogens with zero attached hydrogens (tertiary/aromatic N) is 6. The lowest BCUT2D eigenvalue weighted by molar-refractivity contribution is 0.250. The van der Waals surface area contributed by atoms with Gasteiger partial charge in [0, 0.05) is 24.7 Å². The molecule has 4 heterocycles. The Morgan fingerprint density at radius 3 is 2.97 bits per heavy atom. The molecule has 1 unspecified atom stereocenters. The number of hydrogen-bond acceptors (Lipinski definition) is 8. The fourth-order valence-electron chi connectivity index (χ4n) is 4.00. The predicted octanol–water partition coefficient (Wildman–Crippen LogP) is 3.54. The number of anilines is 2. The summed E-state index contributed by atoms with van der Waals surface area (Å²) in [7, 11) is 0. The van der Waals surface area contributed by atoms with Crippen molar-refractivity contribution in [2.45, 2.75) is 32.4 Å². The van der Waals surface area contributed by atoms with E-state index in [1.165, 1.54) is 10.6 Å². The van der Waals surface area contributed by atoms with E-state index in [4.69, 9.17) is 21.8 Å². The molecule has 1 aliphatic heterocycles. The van der Waals surface area contributed by atoms with Crippen molar-refractivity contribution in [1.82, 2.24) is 29.5 Å². The number of nitrogen functional groups attached to an aromatic ring is 1. The summed E-state index contributed by atoms with van der Waals surface area (Å²) in [5, 5.41) is 8.03. The Bertz CT molecular complexity index is 1260. The lowest BCUT2D eigenvalue weighted by Crippen LogP contribution is -2.35. The Morgan fingerprint density at radius 2 is 2.16 bits per heavy atom. The molecule has 3 aromatic heterocycles. The molecule has 0 saturated carbocycles. The summed E-state index contributed by atoms with van der Waals surface area (Å²) in [4.78, 5) is 15.3. The summed E-state index contributed by atoms with van der Waals surface area (Å²) in [6.45, 7) is 3.79. The zero-order chi connectivity index (χ0) is 22.2. The van der Waals surface area contributed by atoms with Crippen LogP contribution in [0.4, 0.5) is 16.3 Å². The van der Waals surface area contributed by atoms with Gasteiger partial charge in [-0.1, -0.05) is 17.7 Å². The molecule has 1 fully saturated rings. The Kier molecular flexibility index (Phi) is 5.40. The van der Waals surface area contributed by atoms with E-state index in [1.807, 2.05) is 6.92 Å². The third kappa shape index (κ3) is 3.87. The first kappa shape index (κ1) is 20.7. The molecule has 1 atom stereocenters. The maximum atomic E-state index is 14.4. The molecule has 32 heavy (non-hydrogen) atoms. The normalized spacial score (nSPS) is 16.8. The topological polar surface area (TPSA) is 110 Å². The number of halogens is 2. The Morgan fingerprint density at radius 1 is 1.28 bits per heavy atom. The molecule has 4 aromatic rings. The van der Waals surface area contributed by atoms with E-state index in [0.29, 0.717) is 47.0 Å². The van der Waals surface area contributed by atoms with Crippen LogP contribution in [0.1, 0.15) is 24.0 Å². The fourth-order valence-corrected chi connectivity index (χ4v) is 4.21. The van der Waals surface area contributed by atoms with Gasteiger partial charge in [-0.15, -0.1) is 5.10 Å². The van der Waals surface area contributed by atoms with Gasteiger partial charge in [0.15, 0.2) is 5.76 Å². The molecule has 0 aliphatic carbocycles. The summed E-state index contributed by atoms with van der Waals surface area (Å²) in [5.74, 6) is 1.48. The summed E-state index contributed by atoms with van der Waals surface area (Å²) in [5.41, 5.74) is 7.46. The molecule has 166 valence electrons. The maximum Gasteiger partial charge on any atom is 0.259 e. The third-order valence-electron chi connectivity index (χ3n) is 5.71. The molecule has 0 radical (unpaired) electrons. The van der Waals surface area contributed by atoms with Crippen LogP contribution in [0.2, 0.25) is 5.02 Å². The van der Waals surface area contributed by atoms with Crippen LogP contribution in [0, 0.1) is 12.7 Å². The van der Waals surface area contributed by atoms with Gasteiger partial charge in [0.2, 0.25) is 17.7 Å². The number of likely N-dealkylation sites (tertiary alicyclic amines) is 1. The van der Waals surface area contributed by atoms with Crippen LogP contribution >= 0.6 is 11.6 Å². The average molecular weight is 457 g/mol. The van der Waals surface area contributed by atoms with Crippen LogP contribution in [0.5, 0.6) is 0 Å². The summed E-state index contributed by atoms with van der Waals surface area (Å²) in [6, 6.07) is 6.87. The molecule has 3 N–H and O–H groups in total. The number of rotatable bonds is 6. The molecule has 0 bridgehead atoms. The highest BCUT2D eigenvalue weighted by Crippen LogP contribution is 2.28. The van der Waals surface area contributed by atoms with Crippen molar-refractivity contribution < 1.29 is 8.81 Å². The van der Waals surface area contributed by atoms with Crippen molar-refractivity contribution >= 4 is 29.3 Å². The quantitative estimate of drug-likeness (QED) is 0.453. The van der Waals surface area contributed by atoms with Crippen LogP contribution in [0.25, 0.3) is 17.4 Å². The number of furan rings is 1. The minimum atomic E-state index is -0.278. The number of fused-ring (bicyclic) bond motifs is 1. The average Bonchev–Trinajstić information content (AvgIpc) is 3.53. The first-order valence-corrected chi connectivity index (χ1v) is 10.7. The SMILES string of the molecule is Cc1ccc(F)c(CN2CCCC2CNc2nc(N)n3nc(-c4ccco4)nc3n2)c1Cl. The highest BCUT2D eigenvalue weighted by atomic mass is 35.5. The van der Waals surface area contributed by atoms with Gasteiger partial charge in [0.1, 0.15) is 5.82 Å². The smallest absolute Gasteiger partial charge is 0.259 e. The zero-order valence-electron chi connectivity index (χ0n) is 17.4. The maximum absolute atomic E-state index is 14.4. The van der Waals surface area contributed by atoms with E-state index < -0.39 is 0 Å². The molecular formula is C21H22ClFN8O. The van der Waals surface area contributed by atoms with Gasteiger partial charge >= 0.3 is 0 Å².